The van der Waals surface area contributed by atoms with Crippen molar-refractivity contribution in [2.45, 2.75) is 64.7 Å². The first-order chi connectivity index (χ1) is 17.0. The second-order valence-corrected chi connectivity index (χ2v) is 9.60. The van der Waals surface area contributed by atoms with E-state index in [0.717, 1.165) is 30.4 Å². The summed E-state index contributed by atoms with van der Waals surface area (Å²) >= 11 is 0. The Hall–Kier alpha value is -3.01. The molecular weight excluding hydrogens is 445 g/mol. The molecule has 0 aromatic heterocycles. The monoisotopic (exact) mass is 478 g/mol. The Kier molecular flexibility index (Phi) is 8.33. The molecule has 1 N–H and O–H groups in total. The Morgan fingerprint density at radius 2 is 1.43 bits per heavy atom. The van der Waals surface area contributed by atoms with Crippen molar-refractivity contribution in [1.29, 1.82) is 0 Å². The van der Waals surface area contributed by atoms with Crippen LogP contribution in [0.25, 0.3) is 27.8 Å². The standard InChI is InChI=1S/C31H33F3O/c1-2-3-4-5-6-7-21-8-10-22(11-9-21)25-16-17-26(28(32)20-25)23-12-14-24(15-13-23)27-18-19-29(35)31(34)30(27)33/h10,12-21,35H,2-9,11H2,1H3. The van der Waals surface area contributed by atoms with E-state index in [2.05, 4.69) is 13.0 Å². The predicted molar refractivity (Wildman–Crippen MR) is 138 cm³/mol. The zero-order valence-corrected chi connectivity index (χ0v) is 20.3. The lowest BCUT2D eigenvalue weighted by Crippen LogP contribution is -2.05. The minimum atomic E-state index is -1.27. The highest BCUT2D eigenvalue weighted by Crippen LogP contribution is 2.35. The SMILES string of the molecule is CCCCCCCC1CC=C(c2ccc(-c3ccc(-c4ccc(O)c(F)c4F)cc3)c(F)c2)CC1. The van der Waals surface area contributed by atoms with E-state index in [1.165, 1.54) is 56.6 Å². The summed E-state index contributed by atoms with van der Waals surface area (Å²) in [5, 5.41) is 9.32. The van der Waals surface area contributed by atoms with Gasteiger partial charge in [-0.2, -0.15) is 4.39 Å². The first kappa shape index (κ1) is 25.1. The van der Waals surface area contributed by atoms with Gasteiger partial charge < -0.3 is 5.11 Å². The third kappa shape index (κ3) is 5.98. The van der Waals surface area contributed by atoms with Crippen molar-refractivity contribution in [3.63, 3.8) is 0 Å². The number of halogens is 3. The van der Waals surface area contributed by atoms with Gasteiger partial charge in [-0.3, -0.25) is 0 Å². The fourth-order valence-corrected chi connectivity index (χ4v) is 4.99. The largest absolute Gasteiger partial charge is 0.505 e. The second-order valence-electron chi connectivity index (χ2n) is 9.60. The number of aromatic hydroxyl groups is 1. The summed E-state index contributed by atoms with van der Waals surface area (Å²) in [6.07, 6.45) is 13.4. The number of hydrogen-bond acceptors (Lipinski definition) is 1. The van der Waals surface area contributed by atoms with E-state index in [-0.39, 0.29) is 11.4 Å². The van der Waals surface area contributed by atoms with Crippen LogP contribution in [0, 0.1) is 23.4 Å². The number of benzene rings is 3. The molecule has 0 saturated carbocycles. The van der Waals surface area contributed by atoms with E-state index in [9.17, 15) is 13.9 Å². The lowest BCUT2D eigenvalue weighted by Gasteiger charge is -2.22. The van der Waals surface area contributed by atoms with Crippen LogP contribution in [0.2, 0.25) is 0 Å². The number of rotatable bonds is 9. The molecule has 0 saturated heterocycles. The lowest BCUT2D eigenvalue weighted by atomic mass is 9.83. The minimum Gasteiger partial charge on any atom is -0.505 e. The van der Waals surface area contributed by atoms with Crippen LogP contribution in [0.1, 0.15) is 70.3 Å². The molecular formula is C31H33F3O. The van der Waals surface area contributed by atoms with Gasteiger partial charge >= 0.3 is 0 Å². The Bertz CT molecular complexity index is 1180. The van der Waals surface area contributed by atoms with Crippen molar-refractivity contribution in [3.8, 4) is 28.0 Å². The molecule has 0 radical (unpaired) electrons. The van der Waals surface area contributed by atoms with Crippen LogP contribution in [0.4, 0.5) is 13.2 Å². The first-order valence-electron chi connectivity index (χ1n) is 12.7. The molecule has 3 aromatic rings. The average molecular weight is 479 g/mol. The molecule has 1 aliphatic rings. The van der Waals surface area contributed by atoms with Crippen molar-refractivity contribution >= 4 is 5.57 Å². The molecule has 4 rings (SSSR count). The van der Waals surface area contributed by atoms with Crippen molar-refractivity contribution in [2.75, 3.05) is 0 Å². The van der Waals surface area contributed by atoms with Crippen molar-refractivity contribution in [3.05, 3.63) is 83.7 Å². The smallest absolute Gasteiger partial charge is 0.200 e. The number of allylic oxidation sites excluding steroid dienone is 2. The van der Waals surface area contributed by atoms with Gasteiger partial charge in [0.15, 0.2) is 11.6 Å². The Labute approximate surface area is 206 Å². The van der Waals surface area contributed by atoms with Gasteiger partial charge in [-0.25, -0.2) is 8.78 Å². The maximum atomic E-state index is 15.1. The third-order valence-electron chi connectivity index (χ3n) is 7.14. The molecule has 1 aliphatic carbocycles. The number of phenols is 1. The van der Waals surface area contributed by atoms with E-state index in [1.807, 2.05) is 6.07 Å². The maximum Gasteiger partial charge on any atom is 0.200 e. The van der Waals surface area contributed by atoms with E-state index in [1.54, 1.807) is 36.4 Å². The van der Waals surface area contributed by atoms with Crippen LogP contribution >= 0.6 is 0 Å². The zero-order chi connectivity index (χ0) is 24.8. The molecule has 4 heteroatoms. The molecule has 0 spiro atoms. The normalized spacial score (nSPS) is 15.8. The van der Waals surface area contributed by atoms with Crippen LogP contribution < -0.4 is 0 Å². The Balaban J connectivity index is 1.42. The van der Waals surface area contributed by atoms with Crippen molar-refractivity contribution in [2.24, 2.45) is 5.92 Å². The molecule has 0 fully saturated rings. The average Bonchev–Trinajstić information content (AvgIpc) is 2.88. The first-order valence-corrected chi connectivity index (χ1v) is 12.7. The molecule has 0 amide bonds. The summed E-state index contributed by atoms with van der Waals surface area (Å²) in [7, 11) is 0. The molecule has 1 nitrogen and oxygen atoms in total. The highest BCUT2D eigenvalue weighted by atomic mass is 19.2. The van der Waals surface area contributed by atoms with Crippen LogP contribution in [0.5, 0.6) is 5.75 Å². The summed E-state index contributed by atoms with van der Waals surface area (Å²) < 4.78 is 42.9. The van der Waals surface area contributed by atoms with Gasteiger partial charge in [-0.15, -0.1) is 0 Å². The van der Waals surface area contributed by atoms with E-state index in [4.69, 9.17) is 0 Å². The van der Waals surface area contributed by atoms with Crippen LogP contribution in [0.3, 0.4) is 0 Å². The van der Waals surface area contributed by atoms with Gasteiger partial charge in [-0.1, -0.05) is 87.9 Å². The molecule has 0 heterocycles. The highest BCUT2D eigenvalue weighted by molar-refractivity contribution is 5.74. The lowest BCUT2D eigenvalue weighted by molar-refractivity contribution is 0.408. The van der Waals surface area contributed by atoms with Gasteiger partial charge in [0.1, 0.15) is 5.82 Å². The third-order valence-corrected chi connectivity index (χ3v) is 7.14. The van der Waals surface area contributed by atoms with E-state index < -0.39 is 17.4 Å². The summed E-state index contributed by atoms with van der Waals surface area (Å²) in [6, 6.07) is 14.5. The maximum absolute atomic E-state index is 15.1. The van der Waals surface area contributed by atoms with Gasteiger partial charge in [0.05, 0.1) is 0 Å². The molecule has 0 bridgehead atoms. The van der Waals surface area contributed by atoms with E-state index >= 15 is 4.39 Å². The van der Waals surface area contributed by atoms with Crippen molar-refractivity contribution in [1.82, 2.24) is 0 Å². The molecule has 1 atom stereocenters. The zero-order valence-electron chi connectivity index (χ0n) is 20.3. The Morgan fingerprint density at radius 1 is 0.771 bits per heavy atom. The fourth-order valence-electron chi connectivity index (χ4n) is 4.99. The Morgan fingerprint density at radius 3 is 2.09 bits per heavy atom. The molecule has 1 unspecified atom stereocenters. The number of unbranched alkanes of at least 4 members (excludes halogenated alkanes) is 4. The fraction of sp³-hybridized carbons (Fsp3) is 0.355. The second kappa shape index (κ2) is 11.6. The summed E-state index contributed by atoms with van der Waals surface area (Å²) in [5.41, 5.74) is 3.79. The van der Waals surface area contributed by atoms with Crippen LogP contribution in [-0.4, -0.2) is 5.11 Å². The molecule has 0 aliphatic heterocycles. The van der Waals surface area contributed by atoms with Gasteiger partial charge in [0, 0.05) is 11.1 Å². The van der Waals surface area contributed by atoms with Gasteiger partial charge in [0.25, 0.3) is 0 Å². The minimum absolute atomic E-state index is 0.0474. The highest BCUT2D eigenvalue weighted by Gasteiger charge is 2.17. The molecule has 35 heavy (non-hydrogen) atoms. The molecule has 184 valence electrons. The molecule has 3 aromatic carbocycles. The van der Waals surface area contributed by atoms with Gasteiger partial charge in [-0.05, 0) is 65.6 Å². The number of phenolic OH excluding ortho intramolecular Hbond substituents is 1. The van der Waals surface area contributed by atoms with Crippen molar-refractivity contribution < 1.29 is 18.3 Å². The number of hydrogen-bond donors (Lipinski definition) is 1. The van der Waals surface area contributed by atoms with E-state index in [0.29, 0.717) is 16.7 Å². The van der Waals surface area contributed by atoms with Gasteiger partial charge in [0.2, 0.25) is 5.82 Å². The topological polar surface area (TPSA) is 20.2 Å². The van der Waals surface area contributed by atoms with Crippen LogP contribution in [-0.2, 0) is 0 Å². The predicted octanol–water partition coefficient (Wildman–Crippen LogP) is 9.69. The summed E-state index contributed by atoms with van der Waals surface area (Å²) in [6.45, 7) is 2.24. The summed E-state index contributed by atoms with van der Waals surface area (Å²) in [5.74, 6) is -2.65. The quantitative estimate of drug-likeness (QED) is 0.304. The summed E-state index contributed by atoms with van der Waals surface area (Å²) in [4.78, 5) is 0. The van der Waals surface area contributed by atoms with Crippen LogP contribution in [0.15, 0.2) is 60.7 Å².